The molecule has 1 aromatic heterocycles. The number of aromatic nitrogens is 1. The average Bonchev–Trinajstić information content (AvgIpc) is 2.85. The summed E-state index contributed by atoms with van der Waals surface area (Å²) < 4.78 is 5.23. The van der Waals surface area contributed by atoms with Crippen molar-refractivity contribution in [3.8, 4) is 0 Å². The van der Waals surface area contributed by atoms with E-state index in [0.717, 1.165) is 5.39 Å². The molecule has 3 aromatic rings. The van der Waals surface area contributed by atoms with Gasteiger partial charge in [0.1, 0.15) is 5.69 Å². The molecule has 1 aliphatic heterocycles. The SMILES string of the molecule is CC1CC(=O)Nc2ccccc2N1C(=O)COC(=O)c1ccc2ccccc2n1. The van der Waals surface area contributed by atoms with E-state index in [2.05, 4.69) is 10.3 Å². The van der Waals surface area contributed by atoms with Crippen molar-refractivity contribution in [2.24, 2.45) is 0 Å². The lowest BCUT2D eigenvalue weighted by molar-refractivity contribution is -0.122. The number of carbonyl (C=O) groups is 3. The predicted molar refractivity (Wildman–Crippen MR) is 109 cm³/mol. The van der Waals surface area contributed by atoms with E-state index in [1.54, 1.807) is 49.4 Å². The topological polar surface area (TPSA) is 88.6 Å². The molecule has 0 spiro atoms. The van der Waals surface area contributed by atoms with Crippen LogP contribution < -0.4 is 10.2 Å². The Balaban J connectivity index is 1.51. The Bertz CT molecular complexity index is 1110. The van der Waals surface area contributed by atoms with Crippen molar-refractivity contribution in [3.05, 3.63) is 66.4 Å². The number of rotatable bonds is 3. The van der Waals surface area contributed by atoms with Gasteiger partial charge in [-0.3, -0.25) is 9.59 Å². The zero-order chi connectivity index (χ0) is 20.4. The molecule has 29 heavy (non-hydrogen) atoms. The molecule has 2 aromatic carbocycles. The molecule has 1 N–H and O–H groups in total. The van der Waals surface area contributed by atoms with Gasteiger partial charge in [0.2, 0.25) is 5.91 Å². The van der Waals surface area contributed by atoms with Gasteiger partial charge in [0.25, 0.3) is 5.91 Å². The van der Waals surface area contributed by atoms with Crippen LogP contribution in [0.25, 0.3) is 10.9 Å². The van der Waals surface area contributed by atoms with Gasteiger partial charge in [0.15, 0.2) is 6.61 Å². The van der Waals surface area contributed by atoms with Gasteiger partial charge in [-0.25, -0.2) is 9.78 Å². The molecule has 1 aliphatic rings. The highest BCUT2D eigenvalue weighted by molar-refractivity contribution is 6.05. The van der Waals surface area contributed by atoms with Crippen LogP contribution >= 0.6 is 0 Å². The summed E-state index contributed by atoms with van der Waals surface area (Å²) in [5, 5.41) is 3.70. The third-order valence-corrected chi connectivity index (χ3v) is 4.76. The van der Waals surface area contributed by atoms with E-state index in [-0.39, 0.29) is 24.1 Å². The number of para-hydroxylation sites is 3. The van der Waals surface area contributed by atoms with E-state index in [0.29, 0.717) is 16.9 Å². The normalized spacial score (nSPS) is 16.0. The first-order valence-electron chi connectivity index (χ1n) is 9.27. The lowest BCUT2D eigenvalue weighted by Gasteiger charge is -2.27. The largest absolute Gasteiger partial charge is 0.451 e. The Morgan fingerprint density at radius 2 is 1.86 bits per heavy atom. The molecule has 7 nitrogen and oxygen atoms in total. The quantitative estimate of drug-likeness (QED) is 0.695. The Hall–Kier alpha value is -3.74. The number of ether oxygens (including phenoxy) is 1. The Labute approximate surface area is 167 Å². The van der Waals surface area contributed by atoms with Gasteiger partial charge in [-0.15, -0.1) is 0 Å². The maximum absolute atomic E-state index is 12.9. The predicted octanol–water partition coefficient (Wildman–Crippen LogP) is 3.16. The van der Waals surface area contributed by atoms with E-state index >= 15 is 0 Å². The van der Waals surface area contributed by atoms with E-state index in [1.807, 2.05) is 18.2 Å². The van der Waals surface area contributed by atoms with Gasteiger partial charge in [-0.1, -0.05) is 36.4 Å². The van der Waals surface area contributed by atoms with Gasteiger partial charge >= 0.3 is 5.97 Å². The van der Waals surface area contributed by atoms with Crippen molar-refractivity contribution in [1.29, 1.82) is 0 Å². The summed E-state index contributed by atoms with van der Waals surface area (Å²) in [6.45, 7) is 1.34. The lowest BCUT2D eigenvalue weighted by Crippen LogP contribution is -2.41. The molecular formula is C22H19N3O4. The molecule has 0 aliphatic carbocycles. The Kier molecular flexibility index (Phi) is 4.95. The Morgan fingerprint density at radius 3 is 2.72 bits per heavy atom. The minimum absolute atomic E-state index is 0.137. The smallest absolute Gasteiger partial charge is 0.357 e. The number of carbonyl (C=O) groups excluding carboxylic acids is 3. The van der Waals surface area contributed by atoms with E-state index in [1.165, 1.54) is 4.90 Å². The zero-order valence-corrected chi connectivity index (χ0v) is 15.8. The number of amides is 2. The molecule has 1 unspecified atom stereocenters. The van der Waals surface area contributed by atoms with E-state index in [4.69, 9.17) is 4.74 Å². The van der Waals surface area contributed by atoms with Crippen LogP contribution in [-0.4, -0.2) is 35.4 Å². The standard InChI is InChI=1S/C22H19N3O4/c1-14-12-20(26)24-17-8-4-5-9-19(17)25(14)21(27)13-29-22(28)18-11-10-15-6-2-3-7-16(15)23-18/h2-11,14H,12-13H2,1H3,(H,24,26). The highest BCUT2D eigenvalue weighted by Gasteiger charge is 2.30. The highest BCUT2D eigenvalue weighted by Crippen LogP contribution is 2.31. The van der Waals surface area contributed by atoms with Crippen molar-refractivity contribution in [2.45, 2.75) is 19.4 Å². The van der Waals surface area contributed by atoms with Crippen molar-refractivity contribution in [3.63, 3.8) is 0 Å². The van der Waals surface area contributed by atoms with Crippen LogP contribution in [-0.2, 0) is 14.3 Å². The molecule has 4 rings (SSSR count). The van der Waals surface area contributed by atoms with Gasteiger partial charge in [-0.05, 0) is 31.2 Å². The molecule has 0 fully saturated rings. The summed E-state index contributed by atoms with van der Waals surface area (Å²) in [6.07, 6.45) is 0.153. The summed E-state index contributed by atoms with van der Waals surface area (Å²) >= 11 is 0. The minimum atomic E-state index is -0.672. The maximum Gasteiger partial charge on any atom is 0.357 e. The number of hydrogen-bond acceptors (Lipinski definition) is 5. The van der Waals surface area contributed by atoms with E-state index in [9.17, 15) is 14.4 Å². The van der Waals surface area contributed by atoms with Crippen molar-refractivity contribution in [1.82, 2.24) is 4.98 Å². The van der Waals surface area contributed by atoms with Crippen LogP contribution in [0.2, 0.25) is 0 Å². The van der Waals surface area contributed by atoms with Crippen LogP contribution in [0.4, 0.5) is 11.4 Å². The van der Waals surface area contributed by atoms with Gasteiger partial charge in [0, 0.05) is 17.8 Å². The fourth-order valence-electron chi connectivity index (χ4n) is 3.42. The summed E-state index contributed by atoms with van der Waals surface area (Å²) in [5.41, 5.74) is 1.94. The van der Waals surface area contributed by atoms with Crippen LogP contribution in [0, 0.1) is 0 Å². The number of anilines is 2. The molecule has 0 saturated carbocycles. The molecule has 146 valence electrons. The van der Waals surface area contributed by atoms with Crippen molar-refractivity contribution >= 4 is 40.1 Å². The number of benzene rings is 2. The molecule has 7 heteroatoms. The number of pyridine rings is 1. The number of nitrogens with one attached hydrogen (secondary N) is 1. The highest BCUT2D eigenvalue weighted by atomic mass is 16.5. The van der Waals surface area contributed by atoms with Gasteiger partial charge < -0.3 is 15.0 Å². The fourth-order valence-corrected chi connectivity index (χ4v) is 3.42. The average molecular weight is 389 g/mol. The number of nitrogens with zero attached hydrogens (tertiary/aromatic N) is 2. The summed E-state index contributed by atoms with van der Waals surface area (Å²) in [7, 11) is 0. The molecule has 0 saturated heterocycles. The maximum atomic E-state index is 12.9. The second-order valence-corrected chi connectivity index (χ2v) is 6.85. The first kappa shape index (κ1) is 18.6. The fraction of sp³-hybridized carbons (Fsp3) is 0.182. The first-order valence-corrected chi connectivity index (χ1v) is 9.27. The third kappa shape index (κ3) is 3.80. The molecule has 1 atom stereocenters. The number of hydrogen-bond donors (Lipinski definition) is 1. The van der Waals surface area contributed by atoms with Crippen LogP contribution in [0.15, 0.2) is 60.7 Å². The van der Waals surface area contributed by atoms with E-state index < -0.39 is 18.5 Å². The summed E-state index contributed by atoms with van der Waals surface area (Å²) in [6, 6.07) is 17.5. The number of esters is 1. The second kappa shape index (κ2) is 7.71. The molecule has 0 radical (unpaired) electrons. The molecule has 2 amide bonds. The second-order valence-electron chi connectivity index (χ2n) is 6.85. The van der Waals surface area contributed by atoms with Crippen molar-refractivity contribution < 1.29 is 19.1 Å². The van der Waals surface area contributed by atoms with Crippen LogP contribution in [0.3, 0.4) is 0 Å². The third-order valence-electron chi connectivity index (χ3n) is 4.76. The summed E-state index contributed by atoms with van der Waals surface area (Å²) in [5.74, 6) is -1.25. The zero-order valence-electron chi connectivity index (χ0n) is 15.8. The first-order chi connectivity index (χ1) is 14.0. The van der Waals surface area contributed by atoms with Crippen molar-refractivity contribution in [2.75, 3.05) is 16.8 Å². The molecular weight excluding hydrogens is 370 g/mol. The molecule has 0 bridgehead atoms. The lowest BCUT2D eigenvalue weighted by atomic mass is 10.1. The minimum Gasteiger partial charge on any atom is -0.451 e. The van der Waals surface area contributed by atoms with Gasteiger partial charge in [0.05, 0.1) is 16.9 Å². The van der Waals surface area contributed by atoms with Crippen LogP contribution in [0.1, 0.15) is 23.8 Å². The summed E-state index contributed by atoms with van der Waals surface area (Å²) in [4.78, 5) is 43.1. The molecule has 2 heterocycles. The number of fused-ring (bicyclic) bond motifs is 2. The van der Waals surface area contributed by atoms with Gasteiger partial charge in [-0.2, -0.15) is 0 Å². The Morgan fingerprint density at radius 1 is 1.10 bits per heavy atom. The van der Waals surface area contributed by atoms with Crippen LogP contribution in [0.5, 0.6) is 0 Å². The monoisotopic (exact) mass is 389 g/mol.